The van der Waals surface area contributed by atoms with E-state index in [0.29, 0.717) is 23.3 Å². The lowest BCUT2D eigenvalue weighted by atomic mass is 9.84. The van der Waals surface area contributed by atoms with Crippen molar-refractivity contribution in [3.8, 4) is 0 Å². The van der Waals surface area contributed by atoms with Gasteiger partial charge in [0, 0.05) is 43.6 Å². The molecule has 1 N–H and O–H groups in total. The molecule has 1 saturated heterocycles. The molecule has 0 radical (unpaired) electrons. The van der Waals surface area contributed by atoms with Crippen molar-refractivity contribution in [2.45, 2.75) is 76.2 Å². The minimum Gasteiger partial charge on any atom is -0.361 e. The van der Waals surface area contributed by atoms with Crippen molar-refractivity contribution in [1.29, 1.82) is 0 Å². The number of fused-ring (bicyclic) bond motifs is 1. The Morgan fingerprint density at radius 3 is 2.70 bits per heavy atom. The first-order valence-corrected chi connectivity index (χ1v) is 12.0. The van der Waals surface area contributed by atoms with E-state index < -0.39 is 5.92 Å². The molecule has 7 nitrogen and oxygen atoms in total. The maximum Gasteiger partial charge on any atom is 0.304 e. The number of amides is 1. The van der Waals surface area contributed by atoms with Crippen LogP contribution >= 0.6 is 0 Å². The monoisotopic (exact) mass is 462 g/mol. The number of hydrogen-bond acceptors (Lipinski definition) is 6. The Morgan fingerprint density at radius 2 is 2.03 bits per heavy atom. The van der Waals surface area contributed by atoms with E-state index in [0.717, 1.165) is 70.8 Å². The molecule has 0 unspecified atom stereocenters. The number of aromatic nitrogens is 2. The SMILES string of the molecule is Cc1cc(CC(=O)N[C@H]2CC[C@H](CCN3C[C@@H]4C[C@]4(c4cc(C(C)(F)F)on4)C3)CC2)on1. The quantitative estimate of drug-likeness (QED) is 0.639. The number of piperidine rings is 1. The van der Waals surface area contributed by atoms with Gasteiger partial charge in [-0.3, -0.25) is 4.79 Å². The fourth-order valence-electron chi connectivity index (χ4n) is 5.77. The zero-order valence-electron chi connectivity index (χ0n) is 19.3. The van der Waals surface area contributed by atoms with E-state index in [1.54, 1.807) is 6.07 Å². The summed E-state index contributed by atoms with van der Waals surface area (Å²) in [5.41, 5.74) is 1.40. The second-order valence-corrected chi connectivity index (χ2v) is 10.4. The van der Waals surface area contributed by atoms with Crippen LogP contribution in [-0.2, 0) is 22.6 Å². The Hall–Kier alpha value is -2.29. The molecule has 33 heavy (non-hydrogen) atoms. The molecule has 3 fully saturated rings. The summed E-state index contributed by atoms with van der Waals surface area (Å²) in [6, 6.07) is 3.49. The molecule has 9 heteroatoms. The second kappa shape index (κ2) is 8.49. The zero-order chi connectivity index (χ0) is 23.2. The number of alkyl halides is 2. The number of halogens is 2. The van der Waals surface area contributed by atoms with E-state index in [4.69, 9.17) is 9.05 Å². The molecule has 2 aromatic heterocycles. The molecule has 180 valence electrons. The summed E-state index contributed by atoms with van der Waals surface area (Å²) < 4.78 is 37.1. The molecule has 2 aromatic rings. The lowest BCUT2D eigenvalue weighted by Gasteiger charge is -2.30. The lowest BCUT2D eigenvalue weighted by Crippen LogP contribution is -2.39. The summed E-state index contributed by atoms with van der Waals surface area (Å²) in [7, 11) is 0. The molecule has 1 amide bonds. The highest BCUT2D eigenvalue weighted by molar-refractivity contribution is 5.78. The molecule has 2 saturated carbocycles. The van der Waals surface area contributed by atoms with Crippen molar-refractivity contribution >= 4 is 5.91 Å². The van der Waals surface area contributed by atoms with Crippen LogP contribution in [0, 0.1) is 18.8 Å². The molecule has 3 heterocycles. The molecule has 1 aliphatic heterocycles. The zero-order valence-corrected chi connectivity index (χ0v) is 19.3. The van der Waals surface area contributed by atoms with Crippen molar-refractivity contribution in [2.75, 3.05) is 19.6 Å². The van der Waals surface area contributed by atoms with E-state index >= 15 is 0 Å². The van der Waals surface area contributed by atoms with Gasteiger partial charge in [-0.15, -0.1) is 0 Å². The fourth-order valence-corrected chi connectivity index (χ4v) is 5.77. The number of likely N-dealkylation sites (tertiary alicyclic amines) is 1. The maximum absolute atomic E-state index is 13.5. The van der Waals surface area contributed by atoms with Gasteiger partial charge in [-0.25, -0.2) is 0 Å². The first kappa shape index (κ1) is 22.5. The highest BCUT2D eigenvalue weighted by atomic mass is 19.3. The summed E-state index contributed by atoms with van der Waals surface area (Å²) >= 11 is 0. The van der Waals surface area contributed by atoms with E-state index in [2.05, 4.69) is 20.5 Å². The van der Waals surface area contributed by atoms with Gasteiger partial charge in [0.1, 0.15) is 5.76 Å². The highest BCUT2D eigenvalue weighted by Crippen LogP contribution is 2.59. The van der Waals surface area contributed by atoms with Crippen molar-refractivity contribution < 1.29 is 22.6 Å². The third-order valence-corrected chi connectivity index (χ3v) is 7.75. The Labute approximate surface area is 192 Å². The number of carbonyl (C=O) groups excluding carboxylic acids is 1. The van der Waals surface area contributed by atoms with E-state index in [1.807, 2.05) is 6.92 Å². The predicted molar refractivity (Wildman–Crippen MR) is 116 cm³/mol. The van der Waals surface area contributed by atoms with Crippen LogP contribution in [0.3, 0.4) is 0 Å². The first-order chi connectivity index (χ1) is 15.7. The van der Waals surface area contributed by atoms with E-state index in [-0.39, 0.29) is 29.5 Å². The van der Waals surface area contributed by atoms with Crippen LogP contribution in [0.15, 0.2) is 21.2 Å². The third kappa shape index (κ3) is 4.83. The van der Waals surface area contributed by atoms with Crippen LogP contribution in [0.1, 0.15) is 68.4 Å². The van der Waals surface area contributed by atoms with Crippen molar-refractivity contribution in [2.24, 2.45) is 11.8 Å². The van der Waals surface area contributed by atoms with Gasteiger partial charge in [0.25, 0.3) is 0 Å². The van der Waals surface area contributed by atoms with Gasteiger partial charge < -0.3 is 19.3 Å². The Balaban J connectivity index is 1.03. The lowest BCUT2D eigenvalue weighted by molar-refractivity contribution is -0.121. The van der Waals surface area contributed by atoms with Gasteiger partial charge in [0.15, 0.2) is 0 Å². The number of hydrogen-bond donors (Lipinski definition) is 1. The minimum atomic E-state index is -2.99. The maximum atomic E-state index is 13.5. The molecule has 2 aliphatic carbocycles. The molecule has 0 aromatic carbocycles. The van der Waals surface area contributed by atoms with Crippen LogP contribution < -0.4 is 5.32 Å². The average molecular weight is 463 g/mol. The Morgan fingerprint density at radius 1 is 1.24 bits per heavy atom. The fraction of sp³-hybridized carbons (Fsp3) is 0.708. The van der Waals surface area contributed by atoms with Gasteiger partial charge in [-0.1, -0.05) is 10.3 Å². The number of nitrogens with zero attached hydrogens (tertiary/aromatic N) is 3. The normalized spacial score (nSPS) is 29.8. The van der Waals surface area contributed by atoms with Crippen molar-refractivity contribution in [1.82, 2.24) is 20.5 Å². The summed E-state index contributed by atoms with van der Waals surface area (Å²) in [6.45, 7) is 5.61. The first-order valence-electron chi connectivity index (χ1n) is 12.0. The molecule has 5 rings (SSSR count). The van der Waals surface area contributed by atoms with Crippen molar-refractivity contribution in [3.63, 3.8) is 0 Å². The number of rotatable bonds is 8. The third-order valence-electron chi connectivity index (χ3n) is 7.75. The van der Waals surface area contributed by atoms with Crippen LogP contribution in [0.25, 0.3) is 0 Å². The molecule has 3 aliphatic rings. The largest absolute Gasteiger partial charge is 0.361 e. The minimum absolute atomic E-state index is 0.00645. The van der Waals surface area contributed by atoms with Crippen LogP contribution in [0.2, 0.25) is 0 Å². The number of aryl methyl sites for hydroxylation is 1. The summed E-state index contributed by atoms with van der Waals surface area (Å²) in [5.74, 6) is -1.56. The van der Waals surface area contributed by atoms with Crippen LogP contribution in [0.5, 0.6) is 0 Å². The Kier molecular flexibility index (Phi) is 5.79. The molecule has 0 bridgehead atoms. The van der Waals surface area contributed by atoms with Crippen molar-refractivity contribution in [3.05, 3.63) is 35.0 Å². The molecular formula is C24H32F2N4O3. The summed E-state index contributed by atoms with van der Waals surface area (Å²) in [5, 5.41) is 11.0. The topological polar surface area (TPSA) is 84.4 Å². The standard InChI is InChI=1S/C24H32F2N4O3/c1-15-9-19(32-28-15)10-22(31)27-18-5-3-16(4-6-18)7-8-30-13-17-12-24(17,14-30)20-11-21(33-29-20)23(2,25)26/h9,11,16-18H,3-8,10,12-14H2,1-2H3,(H,27,31)/t16-,17-,18-,24-/m0/s1. The number of nitrogens with one attached hydrogen (secondary N) is 1. The average Bonchev–Trinajstić information content (AvgIpc) is 3.18. The molecular weight excluding hydrogens is 430 g/mol. The Bertz CT molecular complexity index is 992. The molecule has 2 atom stereocenters. The van der Waals surface area contributed by atoms with Gasteiger partial charge in [-0.2, -0.15) is 8.78 Å². The highest BCUT2D eigenvalue weighted by Gasteiger charge is 2.62. The predicted octanol–water partition coefficient (Wildman–Crippen LogP) is 3.96. The number of carbonyl (C=O) groups is 1. The molecule has 0 spiro atoms. The summed E-state index contributed by atoms with van der Waals surface area (Å²) in [4.78, 5) is 14.7. The van der Waals surface area contributed by atoms with Gasteiger partial charge in [-0.05, 0) is 63.8 Å². The van der Waals surface area contributed by atoms with E-state index in [1.165, 1.54) is 6.07 Å². The van der Waals surface area contributed by atoms with Gasteiger partial charge in [0.2, 0.25) is 11.7 Å². The van der Waals surface area contributed by atoms with Crippen LogP contribution in [-0.4, -0.2) is 46.8 Å². The second-order valence-electron chi connectivity index (χ2n) is 10.4. The van der Waals surface area contributed by atoms with Gasteiger partial charge >= 0.3 is 5.92 Å². The van der Waals surface area contributed by atoms with Crippen LogP contribution in [0.4, 0.5) is 8.78 Å². The smallest absolute Gasteiger partial charge is 0.304 e. The summed E-state index contributed by atoms with van der Waals surface area (Å²) in [6.07, 6.45) is 6.64. The van der Waals surface area contributed by atoms with Gasteiger partial charge in [0.05, 0.1) is 17.8 Å². The van der Waals surface area contributed by atoms with E-state index in [9.17, 15) is 13.6 Å².